The molecule has 2 aromatic rings. The summed E-state index contributed by atoms with van der Waals surface area (Å²) in [5, 5.41) is 14.2. The molecule has 2 unspecified atom stereocenters. The van der Waals surface area contributed by atoms with E-state index in [1.165, 1.54) is 16.7 Å². The highest BCUT2D eigenvalue weighted by atomic mass is 16.3. The molecule has 2 nitrogen and oxygen atoms in total. The minimum absolute atomic E-state index is 0.0277. The Morgan fingerprint density at radius 1 is 1.00 bits per heavy atom. The van der Waals surface area contributed by atoms with E-state index in [0.29, 0.717) is 0 Å². The number of benzene rings is 2. The van der Waals surface area contributed by atoms with E-state index >= 15 is 0 Å². The van der Waals surface area contributed by atoms with Crippen molar-refractivity contribution in [3.8, 4) is 0 Å². The summed E-state index contributed by atoms with van der Waals surface area (Å²) in [5.74, 6) is 0. The number of aliphatic hydroxyl groups is 1. The van der Waals surface area contributed by atoms with Crippen LogP contribution in [0.5, 0.6) is 0 Å². The van der Waals surface area contributed by atoms with E-state index in [1.807, 2.05) is 6.07 Å². The molecule has 0 spiro atoms. The van der Waals surface area contributed by atoms with Crippen LogP contribution >= 0.6 is 0 Å². The summed E-state index contributed by atoms with van der Waals surface area (Å²) >= 11 is 0. The fourth-order valence-corrected chi connectivity index (χ4v) is 3.34. The van der Waals surface area contributed by atoms with Crippen LogP contribution in [0.1, 0.15) is 36.6 Å². The Kier molecular flexibility index (Phi) is 3.83. The predicted octanol–water partition coefficient (Wildman–Crippen LogP) is 3.21. The number of hydrogen-bond acceptors (Lipinski definition) is 2. The molecular weight excluding hydrogens is 258 g/mol. The van der Waals surface area contributed by atoms with Gasteiger partial charge in [0.25, 0.3) is 0 Å². The van der Waals surface area contributed by atoms with Crippen LogP contribution < -0.4 is 5.32 Å². The van der Waals surface area contributed by atoms with Gasteiger partial charge in [0.1, 0.15) is 0 Å². The summed E-state index contributed by atoms with van der Waals surface area (Å²) in [7, 11) is 0. The zero-order chi connectivity index (χ0) is 14.9. The van der Waals surface area contributed by atoms with Crippen LogP contribution in [-0.4, -0.2) is 17.8 Å². The normalized spacial score (nSPS) is 23.0. The zero-order valence-corrected chi connectivity index (χ0v) is 12.7. The molecule has 2 heteroatoms. The Balaban J connectivity index is 1.71. The molecule has 0 aliphatic heterocycles. The van der Waals surface area contributed by atoms with Gasteiger partial charge in [-0.25, -0.2) is 0 Å². The molecule has 0 heterocycles. The van der Waals surface area contributed by atoms with Crippen LogP contribution in [0, 0.1) is 0 Å². The average Bonchev–Trinajstić information content (AvgIpc) is 2.70. The number of rotatable bonds is 4. The van der Waals surface area contributed by atoms with Gasteiger partial charge in [-0.2, -0.15) is 0 Å². The van der Waals surface area contributed by atoms with Gasteiger partial charge in [-0.15, -0.1) is 0 Å². The first-order valence-corrected chi connectivity index (χ1v) is 7.65. The van der Waals surface area contributed by atoms with Gasteiger partial charge in [-0.05, 0) is 29.7 Å². The summed E-state index contributed by atoms with van der Waals surface area (Å²) in [4.78, 5) is 0. The first kappa shape index (κ1) is 14.3. The van der Waals surface area contributed by atoms with Crippen molar-refractivity contribution in [3.05, 3.63) is 71.3 Å². The lowest BCUT2D eigenvalue weighted by Gasteiger charge is -2.27. The summed E-state index contributed by atoms with van der Waals surface area (Å²) in [6.07, 6.45) is 0.595. The maximum Gasteiger partial charge on any atom is 0.0826 e. The number of nitrogens with one attached hydrogen (secondary N) is 1. The van der Waals surface area contributed by atoms with Gasteiger partial charge < -0.3 is 10.4 Å². The second-order valence-corrected chi connectivity index (χ2v) is 6.42. The van der Waals surface area contributed by atoms with Gasteiger partial charge in [0.15, 0.2) is 0 Å². The third-order valence-corrected chi connectivity index (χ3v) is 4.67. The summed E-state index contributed by atoms with van der Waals surface area (Å²) < 4.78 is 0. The highest BCUT2D eigenvalue weighted by Crippen LogP contribution is 2.44. The quantitative estimate of drug-likeness (QED) is 0.902. The Bertz CT molecular complexity index is 606. The van der Waals surface area contributed by atoms with Gasteiger partial charge in [-0.3, -0.25) is 0 Å². The van der Waals surface area contributed by atoms with E-state index in [4.69, 9.17) is 0 Å². The number of hydrogen-bond donors (Lipinski definition) is 2. The highest BCUT2D eigenvalue weighted by Gasteiger charge is 2.44. The van der Waals surface area contributed by atoms with E-state index in [-0.39, 0.29) is 17.6 Å². The van der Waals surface area contributed by atoms with E-state index in [2.05, 4.69) is 67.7 Å². The molecule has 0 amide bonds. The minimum Gasteiger partial charge on any atom is -0.390 e. The van der Waals surface area contributed by atoms with Crippen LogP contribution in [0.25, 0.3) is 0 Å². The van der Waals surface area contributed by atoms with Crippen molar-refractivity contribution in [2.45, 2.75) is 37.8 Å². The smallest absolute Gasteiger partial charge is 0.0826 e. The maximum absolute atomic E-state index is 10.7. The molecule has 0 fully saturated rings. The largest absolute Gasteiger partial charge is 0.390 e. The second-order valence-electron chi connectivity index (χ2n) is 6.42. The average molecular weight is 281 g/mol. The monoisotopic (exact) mass is 281 g/mol. The molecule has 0 bridgehead atoms. The standard InChI is InChI=1S/C19H23NO/c1-19(2)16-11-7-6-10-15(16)17(18(19)21)20-13-12-14-8-4-3-5-9-14/h3-11,17-18,20-21H,12-13H2,1-2H3. The van der Waals surface area contributed by atoms with Crippen LogP contribution in [0.15, 0.2) is 54.6 Å². The molecule has 0 radical (unpaired) electrons. The molecule has 0 saturated carbocycles. The first-order chi connectivity index (χ1) is 10.1. The molecule has 2 atom stereocenters. The van der Waals surface area contributed by atoms with Gasteiger partial charge in [-0.1, -0.05) is 68.4 Å². The van der Waals surface area contributed by atoms with Crippen LogP contribution in [-0.2, 0) is 11.8 Å². The van der Waals surface area contributed by atoms with E-state index < -0.39 is 0 Å². The molecule has 0 saturated heterocycles. The van der Waals surface area contributed by atoms with E-state index in [9.17, 15) is 5.11 Å². The number of aliphatic hydroxyl groups excluding tert-OH is 1. The van der Waals surface area contributed by atoms with Crippen LogP contribution in [0.3, 0.4) is 0 Å². The molecule has 110 valence electrons. The van der Waals surface area contributed by atoms with Gasteiger partial charge in [0.05, 0.1) is 12.1 Å². The van der Waals surface area contributed by atoms with Crippen LogP contribution in [0.4, 0.5) is 0 Å². The third kappa shape index (κ3) is 2.61. The maximum atomic E-state index is 10.7. The molecule has 2 aromatic carbocycles. The minimum atomic E-state index is -0.384. The molecular formula is C19H23NO. The van der Waals surface area contributed by atoms with Crippen LogP contribution in [0.2, 0.25) is 0 Å². The molecule has 1 aliphatic rings. The lowest BCUT2D eigenvalue weighted by molar-refractivity contribution is 0.0794. The van der Waals surface area contributed by atoms with Crippen molar-refractivity contribution in [2.24, 2.45) is 0 Å². The molecule has 0 aromatic heterocycles. The molecule has 21 heavy (non-hydrogen) atoms. The topological polar surface area (TPSA) is 32.3 Å². The van der Waals surface area contributed by atoms with E-state index in [1.54, 1.807) is 0 Å². The fraction of sp³-hybridized carbons (Fsp3) is 0.368. The van der Waals surface area contributed by atoms with Crippen molar-refractivity contribution in [1.29, 1.82) is 0 Å². The second kappa shape index (κ2) is 5.63. The van der Waals surface area contributed by atoms with Crippen molar-refractivity contribution in [1.82, 2.24) is 5.32 Å². The van der Waals surface area contributed by atoms with Gasteiger partial charge in [0, 0.05) is 5.41 Å². The van der Waals surface area contributed by atoms with Crippen molar-refractivity contribution in [2.75, 3.05) is 6.54 Å². The van der Waals surface area contributed by atoms with Gasteiger partial charge >= 0.3 is 0 Å². The summed E-state index contributed by atoms with van der Waals surface area (Å²) in [5.41, 5.74) is 3.63. The Morgan fingerprint density at radius 2 is 1.67 bits per heavy atom. The Morgan fingerprint density at radius 3 is 2.43 bits per heavy atom. The van der Waals surface area contributed by atoms with Crippen molar-refractivity contribution >= 4 is 0 Å². The first-order valence-electron chi connectivity index (χ1n) is 7.65. The zero-order valence-electron chi connectivity index (χ0n) is 12.7. The SMILES string of the molecule is CC1(C)c2ccccc2C(NCCc2ccccc2)C1O. The molecule has 2 N–H and O–H groups in total. The Hall–Kier alpha value is -1.64. The summed E-state index contributed by atoms with van der Waals surface area (Å²) in [6.45, 7) is 5.11. The summed E-state index contributed by atoms with van der Waals surface area (Å²) in [6, 6.07) is 18.9. The van der Waals surface area contributed by atoms with Gasteiger partial charge in [0.2, 0.25) is 0 Å². The molecule has 3 rings (SSSR count). The lowest BCUT2D eigenvalue weighted by Crippen LogP contribution is -2.37. The fourth-order valence-electron chi connectivity index (χ4n) is 3.34. The highest BCUT2D eigenvalue weighted by molar-refractivity contribution is 5.43. The number of fused-ring (bicyclic) bond motifs is 1. The van der Waals surface area contributed by atoms with Crippen molar-refractivity contribution in [3.63, 3.8) is 0 Å². The Labute approximate surface area is 126 Å². The van der Waals surface area contributed by atoms with E-state index in [0.717, 1.165) is 13.0 Å². The lowest BCUT2D eigenvalue weighted by atomic mass is 9.84. The van der Waals surface area contributed by atoms with Crippen molar-refractivity contribution < 1.29 is 5.11 Å². The molecule has 1 aliphatic carbocycles. The predicted molar refractivity (Wildman–Crippen MR) is 86.4 cm³/mol. The third-order valence-electron chi connectivity index (χ3n) is 4.67.